The maximum Gasteiger partial charge on any atom is 0.271 e. The predicted octanol–water partition coefficient (Wildman–Crippen LogP) is 3.46. The number of nitrogens with zero attached hydrogens (tertiary/aromatic N) is 3. The maximum absolute atomic E-state index is 13.4. The summed E-state index contributed by atoms with van der Waals surface area (Å²) in [6.07, 6.45) is 2.59. The number of rotatable bonds is 12. The van der Waals surface area contributed by atoms with Gasteiger partial charge in [0.25, 0.3) is 5.69 Å². The van der Waals surface area contributed by atoms with Crippen LogP contribution in [-0.4, -0.2) is 55.4 Å². The van der Waals surface area contributed by atoms with Crippen molar-refractivity contribution in [2.24, 2.45) is 0 Å². The first kappa shape index (κ1) is 28.2. The number of carbonyl (C=O) groups is 2. The van der Waals surface area contributed by atoms with Gasteiger partial charge in [-0.2, -0.15) is 0 Å². The molecule has 0 spiro atoms. The molecule has 0 saturated carbocycles. The Morgan fingerprint density at radius 2 is 1.83 bits per heavy atom. The number of nitro benzene ring substituents is 1. The van der Waals surface area contributed by atoms with E-state index in [-0.39, 0.29) is 23.8 Å². The van der Waals surface area contributed by atoms with E-state index in [0.717, 1.165) is 39.5 Å². The molecule has 2 aromatic rings. The number of anilines is 1. The fourth-order valence-corrected chi connectivity index (χ4v) is 4.39. The van der Waals surface area contributed by atoms with E-state index in [1.54, 1.807) is 31.2 Å². The molecule has 0 aliphatic heterocycles. The Morgan fingerprint density at radius 1 is 1.17 bits per heavy atom. The van der Waals surface area contributed by atoms with Gasteiger partial charge in [0, 0.05) is 29.7 Å². The highest BCUT2D eigenvalue weighted by Crippen LogP contribution is 2.24. The normalized spacial score (nSPS) is 12.0. The molecule has 0 fully saturated rings. The maximum atomic E-state index is 13.4. The zero-order valence-corrected chi connectivity index (χ0v) is 22.2. The fraction of sp³-hybridized carbons (Fsp3) is 0.391. The van der Waals surface area contributed by atoms with Gasteiger partial charge in [0.1, 0.15) is 12.6 Å². The summed E-state index contributed by atoms with van der Waals surface area (Å²) in [6, 6.07) is 11.4. The van der Waals surface area contributed by atoms with Crippen LogP contribution >= 0.6 is 15.9 Å². The molecule has 35 heavy (non-hydrogen) atoms. The molecule has 1 N–H and O–H groups in total. The number of carbonyl (C=O) groups excluding carboxylic acids is 2. The molecule has 0 radical (unpaired) electrons. The van der Waals surface area contributed by atoms with Crippen molar-refractivity contribution in [1.82, 2.24) is 10.2 Å². The van der Waals surface area contributed by atoms with Crippen LogP contribution in [0.3, 0.4) is 0 Å². The zero-order chi connectivity index (χ0) is 26.2. The van der Waals surface area contributed by atoms with Gasteiger partial charge >= 0.3 is 0 Å². The monoisotopic (exact) mass is 568 g/mol. The van der Waals surface area contributed by atoms with E-state index in [1.807, 2.05) is 6.92 Å². The van der Waals surface area contributed by atoms with Crippen molar-refractivity contribution in [1.29, 1.82) is 0 Å². The number of hydrogen-bond acceptors (Lipinski definition) is 6. The summed E-state index contributed by atoms with van der Waals surface area (Å²) < 4.78 is 26.7. The first-order valence-corrected chi connectivity index (χ1v) is 13.6. The van der Waals surface area contributed by atoms with Crippen molar-refractivity contribution in [3.63, 3.8) is 0 Å². The molecule has 1 atom stereocenters. The van der Waals surface area contributed by atoms with E-state index in [0.29, 0.717) is 6.54 Å². The summed E-state index contributed by atoms with van der Waals surface area (Å²) in [4.78, 5) is 38.0. The van der Waals surface area contributed by atoms with Gasteiger partial charge in [0.05, 0.1) is 16.9 Å². The van der Waals surface area contributed by atoms with Crippen LogP contribution in [0.4, 0.5) is 11.4 Å². The van der Waals surface area contributed by atoms with Crippen LogP contribution in [0.1, 0.15) is 32.3 Å². The van der Waals surface area contributed by atoms with Gasteiger partial charge in [0.2, 0.25) is 21.8 Å². The lowest BCUT2D eigenvalue weighted by atomic mass is 10.1. The molecule has 12 heteroatoms. The van der Waals surface area contributed by atoms with Crippen LogP contribution in [0.5, 0.6) is 0 Å². The smallest absolute Gasteiger partial charge is 0.271 e. The molecule has 1 unspecified atom stereocenters. The van der Waals surface area contributed by atoms with E-state index in [4.69, 9.17) is 0 Å². The first-order valence-electron chi connectivity index (χ1n) is 11.0. The largest absolute Gasteiger partial charge is 0.354 e. The molecular weight excluding hydrogens is 540 g/mol. The van der Waals surface area contributed by atoms with Crippen molar-refractivity contribution in [3.05, 3.63) is 68.7 Å². The summed E-state index contributed by atoms with van der Waals surface area (Å²) in [5, 5.41) is 14.0. The zero-order valence-electron chi connectivity index (χ0n) is 19.8. The summed E-state index contributed by atoms with van der Waals surface area (Å²) >= 11 is 3.36. The number of benzene rings is 2. The quantitative estimate of drug-likeness (QED) is 0.237. The van der Waals surface area contributed by atoms with Crippen molar-refractivity contribution in [3.8, 4) is 0 Å². The second-order valence-corrected chi connectivity index (χ2v) is 10.8. The minimum absolute atomic E-state index is 0.0151. The third-order valence-corrected chi connectivity index (χ3v) is 6.94. The molecule has 0 bridgehead atoms. The van der Waals surface area contributed by atoms with E-state index < -0.39 is 33.4 Å². The SMILES string of the molecule is CCCCNC(=O)C(C)N(Cc1ccc(Br)cc1)C(=O)CN(c1cccc([N+](=O)[O-])c1)S(C)(=O)=O. The summed E-state index contributed by atoms with van der Waals surface area (Å²) in [7, 11) is -3.97. The highest BCUT2D eigenvalue weighted by Gasteiger charge is 2.30. The number of hydrogen-bond donors (Lipinski definition) is 1. The summed E-state index contributed by atoms with van der Waals surface area (Å²) in [5.74, 6) is -0.979. The highest BCUT2D eigenvalue weighted by molar-refractivity contribution is 9.10. The lowest BCUT2D eigenvalue weighted by molar-refractivity contribution is -0.384. The van der Waals surface area contributed by atoms with Crippen molar-refractivity contribution < 1.29 is 22.9 Å². The standard InChI is InChI=1S/C23H29BrN4O6S/c1-4-5-13-25-23(30)17(2)26(15-18-9-11-19(24)12-10-18)22(29)16-27(35(3,33)34)20-7-6-8-21(14-20)28(31)32/h6-12,14,17H,4-5,13,15-16H2,1-3H3,(H,25,30). The van der Waals surface area contributed by atoms with Crippen LogP contribution in [-0.2, 0) is 26.2 Å². The van der Waals surface area contributed by atoms with E-state index in [2.05, 4.69) is 21.2 Å². The summed E-state index contributed by atoms with van der Waals surface area (Å²) in [5.41, 5.74) is 0.425. The molecule has 190 valence electrons. The predicted molar refractivity (Wildman–Crippen MR) is 137 cm³/mol. The van der Waals surface area contributed by atoms with Gasteiger partial charge in [-0.3, -0.25) is 24.0 Å². The minimum Gasteiger partial charge on any atom is -0.354 e. The summed E-state index contributed by atoms with van der Waals surface area (Å²) in [6.45, 7) is 3.48. The second kappa shape index (κ2) is 12.6. The number of unbranched alkanes of at least 4 members (excludes halogenated alkanes) is 1. The van der Waals surface area contributed by atoms with E-state index >= 15 is 0 Å². The third-order valence-electron chi connectivity index (χ3n) is 5.27. The highest BCUT2D eigenvalue weighted by atomic mass is 79.9. The molecule has 2 amide bonds. The minimum atomic E-state index is -3.97. The topological polar surface area (TPSA) is 130 Å². The molecular formula is C23H29BrN4O6S. The molecule has 2 rings (SSSR count). The van der Waals surface area contributed by atoms with Crippen LogP contribution < -0.4 is 9.62 Å². The number of amides is 2. The van der Waals surface area contributed by atoms with Gasteiger partial charge in [-0.25, -0.2) is 8.42 Å². The fourth-order valence-electron chi connectivity index (χ4n) is 3.28. The first-order chi connectivity index (χ1) is 16.4. The van der Waals surface area contributed by atoms with Crippen LogP contribution in [0.15, 0.2) is 53.0 Å². The molecule has 0 saturated heterocycles. The van der Waals surface area contributed by atoms with Crippen LogP contribution in [0.25, 0.3) is 0 Å². The van der Waals surface area contributed by atoms with E-state index in [1.165, 1.54) is 23.1 Å². The Hall–Kier alpha value is -2.99. The Kier molecular flexibility index (Phi) is 10.2. The van der Waals surface area contributed by atoms with Gasteiger partial charge < -0.3 is 10.2 Å². The Balaban J connectivity index is 2.38. The molecule has 0 heterocycles. The number of nitrogens with one attached hydrogen (secondary N) is 1. The van der Waals surface area contributed by atoms with Gasteiger partial charge in [0.15, 0.2) is 0 Å². The van der Waals surface area contributed by atoms with Crippen LogP contribution in [0.2, 0.25) is 0 Å². The van der Waals surface area contributed by atoms with Gasteiger partial charge in [-0.05, 0) is 37.1 Å². The average Bonchev–Trinajstić information content (AvgIpc) is 2.81. The lowest BCUT2D eigenvalue weighted by Crippen LogP contribution is -2.51. The van der Waals surface area contributed by atoms with E-state index in [9.17, 15) is 28.1 Å². The number of sulfonamides is 1. The Bertz CT molecular complexity index is 1160. The number of non-ortho nitro benzene ring substituents is 1. The Morgan fingerprint density at radius 3 is 2.40 bits per heavy atom. The van der Waals surface area contributed by atoms with Gasteiger partial charge in [-0.15, -0.1) is 0 Å². The molecule has 10 nitrogen and oxygen atoms in total. The second-order valence-electron chi connectivity index (χ2n) is 8.02. The lowest BCUT2D eigenvalue weighted by Gasteiger charge is -2.31. The van der Waals surface area contributed by atoms with Gasteiger partial charge in [-0.1, -0.05) is 47.5 Å². The molecule has 0 aliphatic rings. The van der Waals surface area contributed by atoms with Crippen molar-refractivity contribution in [2.45, 2.75) is 39.3 Å². The molecule has 2 aromatic carbocycles. The average molecular weight is 569 g/mol. The molecule has 0 aliphatic carbocycles. The van der Waals surface area contributed by atoms with Crippen LogP contribution in [0, 0.1) is 10.1 Å². The molecule has 0 aromatic heterocycles. The van der Waals surface area contributed by atoms with Crippen molar-refractivity contribution >= 4 is 49.1 Å². The number of halogens is 1. The Labute approximate surface area is 213 Å². The number of nitro groups is 1. The van der Waals surface area contributed by atoms with Crippen molar-refractivity contribution in [2.75, 3.05) is 23.7 Å². The third kappa shape index (κ3) is 8.32.